The maximum absolute atomic E-state index is 13.2. The lowest BCUT2D eigenvalue weighted by Crippen LogP contribution is -2.47. The number of nitrogens with one attached hydrogen (secondary N) is 1. The predicted octanol–water partition coefficient (Wildman–Crippen LogP) is 3.61. The summed E-state index contributed by atoms with van der Waals surface area (Å²) in [5.74, 6) is -0.738. The van der Waals surface area contributed by atoms with E-state index in [1.54, 1.807) is 25.1 Å². The van der Waals surface area contributed by atoms with Gasteiger partial charge in [0.15, 0.2) is 0 Å². The monoisotopic (exact) mass is 474 g/mol. The van der Waals surface area contributed by atoms with Gasteiger partial charge < -0.3 is 5.32 Å². The molecule has 0 bridgehead atoms. The molecule has 0 spiro atoms. The number of alkyl halides is 3. The largest absolute Gasteiger partial charge is 0.416 e. The van der Waals surface area contributed by atoms with Crippen LogP contribution >= 0.6 is 0 Å². The van der Waals surface area contributed by atoms with E-state index in [0.717, 1.165) is 32.5 Å². The lowest BCUT2D eigenvalue weighted by Gasteiger charge is -2.15. The van der Waals surface area contributed by atoms with Gasteiger partial charge in [0.2, 0.25) is 5.69 Å². The molecular formula is C24H25F3N4O3. The second-order valence-corrected chi connectivity index (χ2v) is 8.18. The van der Waals surface area contributed by atoms with Crippen LogP contribution in [0.4, 0.5) is 13.2 Å². The van der Waals surface area contributed by atoms with Crippen molar-refractivity contribution in [3.8, 4) is 5.69 Å². The van der Waals surface area contributed by atoms with E-state index in [4.69, 9.17) is 0 Å². The fraction of sp³-hybridized carbons (Fsp3) is 0.333. The van der Waals surface area contributed by atoms with Gasteiger partial charge >= 0.3 is 11.9 Å². The van der Waals surface area contributed by atoms with Crippen LogP contribution in [0, 0.1) is 13.8 Å². The van der Waals surface area contributed by atoms with Gasteiger partial charge in [-0.1, -0.05) is 25.1 Å². The maximum Gasteiger partial charge on any atom is 0.416 e. The smallest absolute Gasteiger partial charge is 0.348 e. The highest BCUT2D eigenvalue weighted by atomic mass is 19.4. The molecule has 0 fully saturated rings. The molecule has 7 nitrogen and oxygen atoms in total. The number of nitrogens with zero attached hydrogens (tertiary/aromatic N) is 3. The summed E-state index contributed by atoms with van der Waals surface area (Å²) in [6, 6.07) is 9.01. The number of rotatable bonds is 6. The number of aromatic nitrogens is 3. The minimum Gasteiger partial charge on any atom is -0.348 e. The van der Waals surface area contributed by atoms with Gasteiger partial charge in [0, 0.05) is 6.04 Å². The molecule has 0 aliphatic carbocycles. The number of aryl methyl sites for hydroxylation is 2. The van der Waals surface area contributed by atoms with E-state index in [-0.39, 0.29) is 12.6 Å². The molecular weight excluding hydrogens is 449 g/mol. The lowest BCUT2D eigenvalue weighted by atomic mass is 10.1. The summed E-state index contributed by atoms with van der Waals surface area (Å²) in [4.78, 5) is 39.1. The zero-order chi connectivity index (χ0) is 25.2. The number of halogens is 3. The second-order valence-electron chi connectivity index (χ2n) is 8.18. The third-order valence-electron chi connectivity index (χ3n) is 5.62. The number of amides is 1. The van der Waals surface area contributed by atoms with Crippen LogP contribution in [0.15, 0.2) is 52.1 Å². The lowest BCUT2D eigenvalue weighted by molar-refractivity contribution is -0.137. The first-order chi connectivity index (χ1) is 15.9. The van der Waals surface area contributed by atoms with Crippen molar-refractivity contribution in [3.63, 3.8) is 0 Å². The van der Waals surface area contributed by atoms with Gasteiger partial charge in [-0.15, -0.1) is 0 Å². The second kappa shape index (κ2) is 9.66. The molecule has 0 unspecified atom stereocenters. The third kappa shape index (κ3) is 5.27. The van der Waals surface area contributed by atoms with Gasteiger partial charge in [0.25, 0.3) is 11.5 Å². The van der Waals surface area contributed by atoms with Crippen molar-refractivity contribution in [1.29, 1.82) is 0 Å². The van der Waals surface area contributed by atoms with Crippen LogP contribution in [0.2, 0.25) is 0 Å². The van der Waals surface area contributed by atoms with Gasteiger partial charge in [0.1, 0.15) is 0 Å². The van der Waals surface area contributed by atoms with E-state index in [0.29, 0.717) is 17.7 Å². The van der Waals surface area contributed by atoms with Gasteiger partial charge in [-0.2, -0.15) is 23.0 Å². The van der Waals surface area contributed by atoms with Crippen LogP contribution in [-0.4, -0.2) is 26.3 Å². The topological polar surface area (TPSA) is 86.0 Å². The SMILES string of the molecule is CC[C@@H](C)NC(=O)c1nn(-c2ccc(C)c(C)c2)c(=O)n(Cc2ccc(C(F)(F)F)cc2)c1=O. The molecule has 2 aromatic carbocycles. The molecule has 10 heteroatoms. The molecule has 0 radical (unpaired) electrons. The van der Waals surface area contributed by atoms with Crippen LogP contribution in [0.3, 0.4) is 0 Å². The van der Waals surface area contributed by atoms with Crippen LogP contribution in [-0.2, 0) is 12.7 Å². The average molecular weight is 474 g/mol. The molecule has 1 atom stereocenters. The van der Waals surface area contributed by atoms with Crippen molar-refractivity contribution in [2.45, 2.75) is 52.9 Å². The Bertz CT molecular complexity index is 1330. The molecule has 3 rings (SSSR count). The van der Waals surface area contributed by atoms with Crippen LogP contribution in [0.5, 0.6) is 0 Å². The Hall–Kier alpha value is -3.69. The Morgan fingerprint density at radius 3 is 2.26 bits per heavy atom. The summed E-state index contributed by atoms with van der Waals surface area (Å²) in [6.45, 7) is 7.03. The number of carbonyl (C=O) groups is 1. The van der Waals surface area contributed by atoms with Crippen molar-refractivity contribution in [2.75, 3.05) is 0 Å². The Balaban J connectivity index is 2.16. The summed E-state index contributed by atoms with van der Waals surface area (Å²) in [7, 11) is 0. The Labute approximate surface area is 193 Å². The zero-order valence-electron chi connectivity index (χ0n) is 19.2. The molecule has 0 aliphatic heterocycles. The minimum absolute atomic E-state index is 0.237. The first-order valence-corrected chi connectivity index (χ1v) is 10.7. The number of hydrogen-bond donors (Lipinski definition) is 1. The molecule has 34 heavy (non-hydrogen) atoms. The molecule has 1 N–H and O–H groups in total. The van der Waals surface area contributed by atoms with Crippen molar-refractivity contribution in [1.82, 2.24) is 19.7 Å². The third-order valence-corrected chi connectivity index (χ3v) is 5.62. The van der Waals surface area contributed by atoms with E-state index in [2.05, 4.69) is 10.4 Å². The molecule has 3 aromatic rings. The normalized spacial score (nSPS) is 12.4. The van der Waals surface area contributed by atoms with Crippen molar-refractivity contribution >= 4 is 5.91 Å². The van der Waals surface area contributed by atoms with Gasteiger partial charge in [-0.3, -0.25) is 14.2 Å². The van der Waals surface area contributed by atoms with Crippen molar-refractivity contribution in [2.24, 2.45) is 0 Å². The van der Waals surface area contributed by atoms with Crippen molar-refractivity contribution in [3.05, 3.63) is 91.3 Å². The zero-order valence-corrected chi connectivity index (χ0v) is 19.2. The highest BCUT2D eigenvalue weighted by Gasteiger charge is 2.30. The summed E-state index contributed by atoms with van der Waals surface area (Å²) < 4.78 is 40.4. The van der Waals surface area contributed by atoms with E-state index in [1.165, 1.54) is 12.1 Å². The van der Waals surface area contributed by atoms with E-state index < -0.39 is 34.6 Å². The van der Waals surface area contributed by atoms with Crippen LogP contribution in [0.25, 0.3) is 5.69 Å². The first-order valence-electron chi connectivity index (χ1n) is 10.7. The fourth-order valence-electron chi connectivity index (χ4n) is 3.20. The highest BCUT2D eigenvalue weighted by Crippen LogP contribution is 2.29. The number of hydrogen-bond acceptors (Lipinski definition) is 4. The van der Waals surface area contributed by atoms with Crippen LogP contribution < -0.4 is 16.6 Å². The molecule has 1 aromatic heterocycles. The molecule has 180 valence electrons. The highest BCUT2D eigenvalue weighted by molar-refractivity contribution is 5.91. The number of carbonyl (C=O) groups excluding carboxylic acids is 1. The summed E-state index contributed by atoms with van der Waals surface area (Å²) in [5.41, 5.74) is -0.573. The van der Waals surface area contributed by atoms with Crippen molar-refractivity contribution < 1.29 is 18.0 Å². The van der Waals surface area contributed by atoms with Gasteiger partial charge in [0.05, 0.1) is 17.8 Å². The van der Waals surface area contributed by atoms with Gasteiger partial charge in [-0.05, 0) is 68.1 Å². The molecule has 1 amide bonds. The first kappa shape index (κ1) is 24.9. The number of benzene rings is 2. The summed E-state index contributed by atoms with van der Waals surface area (Å²) in [6.07, 6.45) is -3.90. The Kier molecular flexibility index (Phi) is 7.09. The maximum atomic E-state index is 13.2. The van der Waals surface area contributed by atoms with E-state index in [9.17, 15) is 27.6 Å². The Morgan fingerprint density at radius 1 is 1.06 bits per heavy atom. The van der Waals surface area contributed by atoms with Gasteiger partial charge in [-0.25, -0.2) is 4.79 Å². The fourth-order valence-corrected chi connectivity index (χ4v) is 3.20. The predicted molar refractivity (Wildman–Crippen MR) is 121 cm³/mol. The van der Waals surface area contributed by atoms with E-state index >= 15 is 0 Å². The summed E-state index contributed by atoms with van der Waals surface area (Å²) >= 11 is 0. The molecule has 0 saturated carbocycles. The Morgan fingerprint density at radius 2 is 1.71 bits per heavy atom. The van der Waals surface area contributed by atoms with Crippen LogP contribution in [0.1, 0.15) is 53.0 Å². The van der Waals surface area contributed by atoms with E-state index in [1.807, 2.05) is 20.8 Å². The molecule has 1 heterocycles. The average Bonchev–Trinajstić information content (AvgIpc) is 2.78. The quantitative estimate of drug-likeness (QED) is 0.592. The summed E-state index contributed by atoms with van der Waals surface area (Å²) in [5, 5.41) is 6.72. The molecule has 0 saturated heterocycles. The standard InChI is InChI=1S/C24H25F3N4O3/c1-5-16(4)28-21(32)20-22(33)30(13-17-7-9-18(10-8-17)24(25,26)27)23(34)31(29-20)19-11-6-14(2)15(3)12-19/h6-12,16H,5,13H2,1-4H3,(H,28,32)/t16-/m1/s1. The minimum atomic E-state index is -4.51. The molecule has 0 aliphatic rings.